The summed E-state index contributed by atoms with van der Waals surface area (Å²) in [5.74, 6) is -0.391. The van der Waals surface area contributed by atoms with E-state index in [-0.39, 0.29) is 29.7 Å². The molecule has 33 heavy (non-hydrogen) atoms. The lowest BCUT2D eigenvalue weighted by atomic mass is 9.88. The number of fused-ring (bicyclic) bond motifs is 3. The number of hydrogen-bond donors (Lipinski definition) is 0. The lowest BCUT2D eigenvalue weighted by Crippen LogP contribution is -2.70. The van der Waals surface area contributed by atoms with Crippen molar-refractivity contribution < 1.29 is 31.9 Å². The maximum atomic E-state index is 12.8. The third kappa shape index (κ3) is 4.31. The first-order chi connectivity index (χ1) is 15.5. The van der Waals surface area contributed by atoms with Gasteiger partial charge in [0.1, 0.15) is 21.9 Å². The summed E-state index contributed by atoms with van der Waals surface area (Å²) in [5, 5.41) is 2.21. The largest absolute Gasteiger partial charge is 0.573 e. The van der Waals surface area contributed by atoms with Crippen LogP contribution in [-0.2, 0) is 4.74 Å². The van der Waals surface area contributed by atoms with Gasteiger partial charge in [0.15, 0.2) is 5.58 Å². The molecule has 2 aromatic heterocycles. The lowest BCUT2D eigenvalue weighted by molar-refractivity contribution is -0.274. The summed E-state index contributed by atoms with van der Waals surface area (Å²) in [6, 6.07) is 2.64. The van der Waals surface area contributed by atoms with Crippen molar-refractivity contribution in [2.24, 2.45) is 0 Å². The summed E-state index contributed by atoms with van der Waals surface area (Å²) in [6.07, 6.45) is -2.77. The standard InChI is InChI=1S/C21H21F3N4O4S/c1-20(2,3)32-19(29)28-11-6-12(28)10-27(9-11)18-26-15-8-13(31-21(22,23)24)7-14(16(15)30-18)17-25-4-5-33-17/h4-5,7-8,11-12H,6,9-10H2,1-3H3. The minimum atomic E-state index is -4.83. The predicted octanol–water partition coefficient (Wildman–Crippen LogP) is 5.05. The molecule has 0 N–H and O–H groups in total. The zero-order chi connectivity index (χ0) is 23.5. The number of halogens is 3. The van der Waals surface area contributed by atoms with E-state index in [2.05, 4.69) is 14.7 Å². The van der Waals surface area contributed by atoms with E-state index in [0.717, 1.165) is 6.42 Å². The smallest absolute Gasteiger partial charge is 0.444 e. The molecular weight excluding hydrogens is 461 g/mol. The predicted molar refractivity (Wildman–Crippen MR) is 114 cm³/mol. The van der Waals surface area contributed by atoms with Crippen LogP contribution in [0.5, 0.6) is 5.75 Å². The average molecular weight is 482 g/mol. The molecular formula is C21H21F3N4O4S. The summed E-state index contributed by atoms with van der Waals surface area (Å²) in [7, 11) is 0. The van der Waals surface area contributed by atoms with Crippen LogP contribution in [0.4, 0.5) is 24.0 Å². The fraction of sp³-hybridized carbons (Fsp3) is 0.476. The van der Waals surface area contributed by atoms with Gasteiger partial charge in [0.05, 0.1) is 17.6 Å². The van der Waals surface area contributed by atoms with Gasteiger partial charge in [-0.05, 0) is 33.3 Å². The fourth-order valence-corrected chi connectivity index (χ4v) is 4.87. The van der Waals surface area contributed by atoms with Gasteiger partial charge < -0.3 is 18.8 Å². The van der Waals surface area contributed by atoms with Gasteiger partial charge in [-0.15, -0.1) is 24.5 Å². The number of ether oxygens (including phenoxy) is 2. The highest BCUT2D eigenvalue weighted by Gasteiger charge is 2.49. The van der Waals surface area contributed by atoms with Crippen LogP contribution in [0.3, 0.4) is 0 Å². The van der Waals surface area contributed by atoms with Crippen molar-refractivity contribution in [3.05, 3.63) is 23.7 Å². The summed E-state index contributed by atoms with van der Waals surface area (Å²) >= 11 is 1.27. The van der Waals surface area contributed by atoms with Crippen LogP contribution < -0.4 is 9.64 Å². The minimum absolute atomic E-state index is 0.0452. The molecule has 8 nitrogen and oxygen atoms in total. The van der Waals surface area contributed by atoms with Crippen LogP contribution in [0.2, 0.25) is 0 Å². The van der Waals surface area contributed by atoms with Crippen LogP contribution in [0.15, 0.2) is 28.1 Å². The van der Waals surface area contributed by atoms with E-state index < -0.39 is 17.7 Å². The molecule has 0 saturated carbocycles. The second-order valence-corrected chi connectivity index (χ2v) is 9.93. The highest BCUT2D eigenvalue weighted by molar-refractivity contribution is 7.13. The molecule has 0 aliphatic carbocycles. The van der Waals surface area contributed by atoms with Crippen LogP contribution in [0.1, 0.15) is 27.2 Å². The van der Waals surface area contributed by atoms with E-state index in [4.69, 9.17) is 9.15 Å². The van der Waals surface area contributed by atoms with Crippen LogP contribution in [-0.4, -0.2) is 58.1 Å². The monoisotopic (exact) mass is 482 g/mol. The number of hydrogen-bond acceptors (Lipinski definition) is 8. The number of anilines is 1. The van der Waals surface area contributed by atoms with Gasteiger partial charge in [-0.1, -0.05) is 0 Å². The molecule has 3 aliphatic heterocycles. The molecule has 3 saturated heterocycles. The number of carbonyl (C=O) groups excluding carboxylic acids is 1. The van der Waals surface area contributed by atoms with Crippen LogP contribution in [0, 0.1) is 0 Å². The molecule has 3 aromatic rings. The Morgan fingerprint density at radius 3 is 2.55 bits per heavy atom. The Hall–Kier alpha value is -3.02. The molecule has 2 bridgehead atoms. The van der Waals surface area contributed by atoms with E-state index in [1.807, 2.05) is 25.7 Å². The lowest BCUT2D eigenvalue weighted by Gasteiger charge is -2.55. The van der Waals surface area contributed by atoms with E-state index in [1.165, 1.54) is 23.5 Å². The Morgan fingerprint density at radius 2 is 1.94 bits per heavy atom. The molecule has 5 heterocycles. The van der Waals surface area contributed by atoms with Crippen molar-refractivity contribution in [2.45, 2.75) is 51.2 Å². The Bertz CT molecular complexity index is 1180. The Balaban J connectivity index is 1.42. The van der Waals surface area contributed by atoms with Gasteiger partial charge in [0.2, 0.25) is 0 Å². The number of carbonyl (C=O) groups is 1. The van der Waals surface area contributed by atoms with E-state index in [1.54, 1.807) is 16.5 Å². The van der Waals surface area contributed by atoms with Gasteiger partial charge in [-0.2, -0.15) is 4.98 Å². The van der Waals surface area contributed by atoms with Gasteiger partial charge in [-0.3, -0.25) is 4.90 Å². The summed E-state index contributed by atoms with van der Waals surface area (Å²) in [5.41, 5.74) is 0.361. The van der Waals surface area contributed by atoms with Crippen molar-refractivity contribution >= 4 is 34.5 Å². The molecule has 176 valence electrons. The third-order valence-corrected chi connectivity index (χ3v) is 6.22. The molecule has 1 amide bonds. The summed E-state index contributed by atoms with van der Waals surface area (Å²) in [6.45, 7) is 6.44. The number of alkyl halides is 3. The van der Waals surface area contributed by atoms with Gasteiger partial charge in [-0.25, -0.2) is 9.78 Å². The second-order valence-electron chi connectivity index (χ2n) is 9.04. The number of benzene rings is 1. The molecule has 12 heteroatoms. The number of amides is 1. The average Bonchev–Trinajstić information content (AvgIpc) is 3.34. The zero-order valence-electron chi connectivity index (χ0n) is 18.0. The van der Waals surface area contributed by atoms with E-state index >= 15 is 0 Å². The topological polar surface area (TPSA) is 80.9 Å². The first kappa shape index (κ1) is 21.8. The quantitative estimate of drug-likeness (QED) is 0.517. The van der Waals surface area contributed by atoms with E-state index in [9.17, 15) is 18.0 Å². The van der Waals surface area contributed by atoms with E-state index in [0.29, 0.717) is 29.2 Å². The van der Waals surface area contributed by atoms with Gasteiger partial charge >= 0.3 is 12.5 Å². The third-order valence-electron chi connectivity index (χ3n) is 5.42. The second kappa shape index (κ2) is 7.51. The van der Waals surface area contributed by atoms with Crippen molar-refractivity contribution in [1.82, 2.24) is 14.9 Å². The van der Waals surface area contributed by atoms with Crippen molar-refractivity contribution in [3.63, 3.8) is 0 Å². The summed E-state index contributed by atoms with van der Waals surface area (Å²) in [4.78, 5) is 24.8. The van der Waals surface area contributed by atoms with Crippen molar-refractivity contribution in [1.29, 1.82) is 0 Å². The van der Waals surface area contributed by atoms with Gasteiger partial charge in [0, 0.05) is 30.7 Å². The highest BCUT2D eigenvalue weighted by Crippen LogP contribution is 2.40. The van der Waals surface area contributed by atoms with Crippen molar-refractivity contribution in [2.75, 3.05) is 18.0 Å². The number of piperazine rings is 1. The first-order valence-corrected chi connectivity index (χ1v) is 11.2. The zero-order valence-corrected chi connectivity index (χ0v) is 18.9. The molecule has 2 atom stereocenters. The molecule has 1 aromatic carbocycles. The number of thiazole rings is 1. The van der Waals surface area contributed by atoms with Crippen molar-refractivity contribution in [3.8, 4) is 16.3 Å². The summed E-state index contributed by atoms with van der Waals surface area (Å²) < 4.78 is 54.1. The molecule has 6 rings (SSSR count). The number of rotatable bonds is 3. The molecule has 3 aliphatic rings. The normalized spacial score (nSPS) is 20.7. The van der Waals surface area contributed by atoms with Crippen LogP contribution >= 0.6 is 11.3 Å². The number of nitrogens with zero attached hydrogens (tertiary/aromatic N) is 4. The number of oxazole rings is 1. The molecule has 0 spiro atoms. The number of piperidine rings is 1. The minimum Gasteiger partial charge on any atom is -0.444 e. The fourth-order valence-electron chi connectivity index (χ4n) is 4.22. The Labute approximate surface area is 190 Å². The first-order valence-electron chi connectivity index (χ1n) is 10.3. The maximum absolute atomic E-state index is 12.8. The van der Waals surface area contributed by atoms with Gasteiger partial charge in [0.25, 0.3) is 6.01 Å². The number of aromatic nitrogens is 2. The SMILES string of the molecule is CC(C)(C)OC(=O)N1C2CC1CN(c1nc3cc(OC(F)(F)F)cc(-c4nccs4)c3o1)C2. The Morgan fingerprint density at radius 1 is 1.21 bits per heavy atom. The molecule has 3 fully saturated rings. The Kier molecular flexibility index (Phi) is 4.96. The highest BCUT2D eigenvalue weighted by atomic mass is 32.1. The molecule has 0 radical (unpaired) electrons. The molecule has 2 unspecified atom stereocenters. The van der Waals surface area contributed by atoms with Crippen LogP contribution in [0.25, 0.3) is 21.7 Å². The maximum Gasteiger partial charge on any atom is 0.573 e.